The van der Waals surface area contributed by atoms with Crippen molar-refractivity contribution in [3.05, 3.63) is 46.4 Å². The molecule has 17 heavy (non-hydrogen) atoms. The monoisotopic (exact) mass is 248 g/mol. The lowest BCUT2D eigenvalue weighted by molar-refractivity contribution is 0.409. The molecule has 1 aromatic heterocycles. The summed E-state index contributed by atoms with van der Waals surface area (Å²) in [7, 11) is 1.71. The number of benzene rings is 1. The number of ether oxygens (including phenoxy) is 1. The number of nitrogens with zero attached hydrogens (tertiary/aromatic N) is 1. The van der Waals surface area contributed by atoms with Crippen LogP contribution in [-0.4, -0.2) is 18.6 Å². The molecule has 90 valence electrons. The van der Waals surface area contributed by atoms with Gasteiger partial charge in [0.05, 0.1) is 12.6 Å². The van der Waals surface area contributed by atoms with Gasteiger partial charge < -0.3 is 10.1 Å². The Morgan fingerprint density at radius 2 is 2.24 bits per heavy atom. The fraction of sp³-hybridized carbons (Fsp3) is 0.308. The molecule has 0 bridgehead atoms. The highest BCUT2D eigenvalue weighted by atomic mass is 32.1. The van der Waals surface area contributed by atoms with Crippen molar-refractivity contribution in [2.24, 2.45) is 0 Å². The van der Waals surface area contributed by atoms with Gasteiger partial charge in [0.2, 0.25) is 0 Å². The van der Waals surface area contributed by atoms with Gasteiger partial charge in [-0.25, -0.2) is 0 Å². The maximum atomic E-state index is 5.31. The fourth-order valence-corrected chi connectivity index (χ4v) is 2.24. The summed E-state index contributed by atoms with van der Waals surface area (Å²) in [5.41, 5.74) is 3.10. The highest BCUT2D eigenvalue weighted by Crippen LogP contribution is 2.17. The molecule has 1 N–H and O–H groups in total. The minimum atomic E-state index is 0.889. The number of aromatic nitrogens is 1. The molecular weight excluding hydrogens is 232 g/mol. The van der Waals surface area contributed by atoms with E-state index in [1.54, 1.807) is 18.4 Å². The standard InChI is InChI=1S/C13H16N2OS/c1-16-13-5-3-2-4-11(13)6-7-14-8-12-9-15-10-17-12/h2-5,9-10,14H,6-8H2,1H3. The Labute approximate surface area is 105 Å². The number of hydrogen-bond donors (Lipinski definition) is 1. The van der Waals surface area contributed by atoms with Crippen molar-refractivity contribution in [2.75, 3.05) is 13.7 Å². The molecular formula is C13H16N2OS. The number of methoxy groups -OCH3 is 1. The van der Waals surface area contributed by atoms with Crippen LogP contribution in [-0.2, 0) is 13.0 Å². The van der Waals surface area contributed by atoms with Gasteiger partial charge in [0, 0.05) is 17.6 Å². The lowest BCUT2D eigenvalue weighted by Crippen LogP contribution is -2.16. The SMILES string of the molecule is COc1ccccc1CCNCc1cncs1. The molecule has 0 aliphatic carbocycles. The van der Waals surface area contributed by atoms with Crippen LogP contribution in [0.4, 0.5) is 0 Å². The van der Waals surface area contributed by atoms with Gasteiger partial charge in [-0.15, -0.1) is 11.3 Å². The molecule has 2 aromatic rings. The molecule has 1 heterocycles. The van der Waals surface area contributed by atoms with E-state index in [2.05, 4.69) is 16.4 Å². The van der Waals surface area contributed by atoms with Gasteiger partial charge in [0.1, 0.15) is 5.75 Å². The molecule has 0 amide bonds. The van der Waals surface area contributed by atoms with E-state index in [0.29, 0.717) is 0 Å². The van der Waals surface area contributed by atoms with E-state index in [9.17, 15) is 0 Å². The summed E-state index contributed by atoms with van der Waals surface area (Å²) in [6, 6.07) is 8.14. The molecule has 0 atom stereocenters. The first-order valence-corrected chi connectivity index (χ1v) is 6.48. The Morgan fingerprint density at radius 3 is 3.00 bits per heavy atom. The molecule has 0 aliphatic rings. The van der Waals surface area contributed by atoms with Crippen LogP contribution in [0.1, 0.15) is 10.4 Å². The first-order chi connectivity index (χ1) is 8.40. The first-order valence-electron chi connectivity index (χ1n) is 5.60. The van der Waals surface area contributed by atoms with Gasteiger partial charge in [-0.1, -0.05) is 18.2 Å². The molecule has 4 heteroatoms. The second-order valence-corrected chi connectivity index (χ2v) is 4.68. The van der Waals surface area contributed by atoms with E-state index < -0.39 is 0 Å². The zero-order valence-corrected chi connectivity index (χ0v) is 10.7. The summed E-state index contributed by atoms with van der Waals surface area (Å²) >= 11 is 1.68. The molecule has 0 radical (unpaired) electrons. The van der Waals surface area contributed by atoms with Crippen LogP contribution in [0.2, 0.25) is 0 Å². The van der Waals surface area contributed by atoms with Crippen molar-refractivity contribution in [2.45, 2.75) is 13.0 Å². The van der Waals surface area contributed by atoms with E-state index in [0.717, 1.165) is 25.3 Å². The van der Waals surface area contributed by atoms with Crippen LogP contribution in [0.25, 0.3) is 0 Å². The fourth-order valence-electron chi connectivity index (χ4n) is 1.67. The maximum absolute atomic E-state index is 5.31. The topological polar surface area (TPSA) is 34.1 Å². The Morgan fingerprint density at radius 1 is 1.35 bits per heavy atom. The normalized spacial score (nSPS) is 10.4. The van der Waals surface area contributed by atoms with Crippen LogP contribution in [0.15, 0.2) is 36.0 Å². The van der Waals surface area contributed by atoms with Gasteiger partial charge in [-0.05, 0) is 24.6 Å². The second-order valence-electron chi connectivity index (χ2n) is 3.71. The average Bonchev–Trinajstić information content (AvgIpc) is 2.88. The number of rotatable bonds is 6. The quantitative estimate of drug-likeness (QED) is 0.797. The molecule has 0 fully saturated rings. The van der Waals surface area contributed by atoms with Crippen molar-refractivity contribution in [3.63, 3.8) is 0 Å². The third kappa shape index (κ3) is 3.54. The van der Waals surface area contributed by atoms with Gasteiger partial charge >= 0.3 is 0 Å². The van der Waals surface area contributed by atoms with Gasteiger partial charge in [-0.2, -0.15) is 0 Å². The van der Waals surface area contributed by atoms with Crippen LogP contribution in [0, 0.1) is 0 Å². The predicted octanol–water partition coefficient (Wildman–Crippen LogP) is 2.48. The molecule has 2 rings (SSSR count). The molecule has 0 aliphatic heterocycles. The summed E-state index contributed by atoms with van der Waals surface area (Å²) < 4.78 is 5.31. The van der Waals surface area contributed by atoms with E-state index in [1.165, 1.54) is 10.4 Å². The number of hydrogen-bond acceptors (Lipinski definition) is 4. The molecule has 0 saturated heterocycles. The second kappa shape index (κ2) is 6.37. The highest BCUT2D eigenvalue weighted by Gasteiger charge is 2.01. The summed E-state index contributed by atoms with van der Waals surface area (Å²) in [6.07, 6.45) is 2.88. The lowest BCUT2D eigenvalue weighted by atomic mass is 10.1. The predicted molar refractivity (Wildman–Crippen MR) is 70.5 cm³/mol. The van der Waals surface area contributed by atoms with Crippen molar-refractivity contribution in [1.29, 1.82) is 0 Å². The number of para-hydroxylation sites is 1. The number of thiazole rings is 1. The Kier molecular flexibility index (Phi) is 4.53. The Bertz CT molecular complexity index is 442. The molecule has 1 aromatic carbocycles. The van der Waals surface area contributed by atoms with E-state index >= 15 is 0 Å². The smallest absolute Gasteiger partial charge is 0.122 e. The Balaban J connectivity index is 1.78. The largest absolute Gasteiger partial charge is 0.496 e. The van der Waals surface area contributed by atoms with Crippen LogP contribution in [0.3, 0.4) is 0 Å². The minimum absolute atomic E-state index is 0.889. The molecule has 3 nitrogen and oxygen atoms in total. The third-order valence-corrected chi connectivity index (χ3v) is 3.33. The van der Waals surface area contributed by atoms with Crippen molar-refractivity contribution in [3.8, 4) is 5.75 Å². The third-order valence-electron chi connectivity index (χ3n) is 2.55. The lowest BCUT2D eigenvalue weighted by Gasteiger charge is -2.08. The summed E-state index contributed by atoms with van der Waals surface area (Å²) in [5, 5.41) is 3.40. The molecule has 0 saturated carbocycles. The van der Waals surface area contributed by atoms with E-state index in [-0.39, 0.29) is 0 Å². The zero-order chi connectivity index (χ0) is 11.9. The highest BCUT2D eigenvalue weighted by molar-refractivity contribution is 7.09. The average molecular weight is 248 g/mol. The maximum Gasteiger partial charge on any atom is 0.122 e. The van der Waals surface area contributed by atoms with Gasteiger partial charge in [0.25, 0.3) is 0 Å². The first kappa shape index (κ1) is 12.1. The molecule has 0 unspecified atom stereocenters. The van der Waals surface area contributed by atoms with Crippen molar-refractivity contribution >= 4 is 11.3 Å². The summed E-state index contributed by atoms with van der Waals surface area (Å²) in [6.45, 7) is 1.83. The Hall–Kier alpha value is -1.39. The van der Waals surface area contributed by atoms with Crippen LogP contribution in [0.5, 0.6) is 5.75 Å². The van der Waals surface area contributed by atoms with E-state index in [4.69, 9.17) is 4.74 Å². The van der Waals surface area contributed by atoms with Gasteiger partial charge in [0.15, 0.2) is 0 Å². The zero-order valence-electron chi connectivity index (χ0n) is 9.85. The van der Waals surface area contributed by atoms with Crippen LogP contribution < -0.4 is 10.1 Å². The summed E-state index contributed by atoms with van der Waals surface area (Å²) in [4.78, 5) is 5.31. The van der Waals surface area contributed by atoms with Crippen molar-refractivity contribution < 1.29 is 4.74 Å². The number of nitrogens with one attached hydrogen (secondary N) is 1. The van der Waals surface area contributed by atoms with Crippen LogP contribution >= 0.6 is 11.3 Å². The summed E-state index contributed by atoms with van der Waals surface area (Å²) in [5.74, 6) is 0.965. The van der Waals surface area contributed by atoms with E-state index in [1.807, 2.05) is 29.9 Å². The van der Waals surface area contributed by atoms with Gasteiger partial charge in [-0.3, -0.25) is 4.98 Å². The van der Waals surface area contributed by atoms with Crippen molar-refractivity contribution in [1.82, 2.24) is 10.3 Å². The molecule has 0 spiro atoms. The minimum Gasteiger partial charge on any atom is -0.496 e.